The zero-order valence-electron chi connectivity index (χ0n) is 13.4. The highest BCUT2D eigenvalue weighted by molar-refractivity contribution is 6.03. The first-order chi connectivity index (χ1) is 11.7. The Balaban J connectivity index is 2.18. The summed E-state index contributed by atoms with van der Waals surface area (Å²) in [6.07, 6.45) is 5.17. The quantitative estimate of drug-likeness (QED) is 0.625. The van der Waals surface area contributed by atoms with Crippen molar-refractivity contribution in [1.82, 2.24) is 24.3 Å². The van der Waals surface area contributed by atoms with E-state index in [2.05, 4.69) is 20.4 Å². The second-order valence-corrected chi connectivity index (χ2v) is 5.51. The van der Waals surface area contributed by atoms with Crippen LogP contribution in [-0.2, 0) is 7.05 Å². The fourth-order valence-corrected chi connectivity index (χ4v) is 2.88. The van der Waals surface area contributed by atoms with Gasteiger partial charge in [0.1, 0.15) is 5.82 Å². The van der Waals surface area contributed by atoms with E-state index in [0.717, 1.165) is 23.1 Å². The molecular weight excluding hydrogens is 304 g/mol. The van der Waals surface area contributed by atoms with Crippen LogP contribution in [0.25, 0.3) is 27.6 Å². The number of hydrogen-bond acceptors (Lipinski definition) is 5. The molecule has 4 aromatic rings. The van der Waals surface area contributed by atoms with Crippen LogP contribution in [0.15, 0.2) is 47.7 Å². The van der Waals surface area contributed by atoms with Crippen molar-refractivity contribution in [3.63, 3.8) is 0 Å². The summed E-state index contributed by atoms with van der Waals surface area (Å²) in [6.45, 7) is 2.76. The lowest BCUT2D eigenvalue weighted by Gasteiger charge is -2.11. The number of nitrogens with zero attached hydrogens (tertiary/aromatic N) is 5. The minimum atomic E-state index is -0.202. The Bertz CT molecular complexity index is 1100. The molecule has 4 aromatic heterocycles. The van der Waals surface area contributed by atoms with E-state index < -0.39 is 0 Å². The molecule has 0 aliphatic heterocycles. The summed E-state index contributed by atoms with van der Waals surface area (Å²) in [7, 11) is 1.81. The van der Waals surface area contributed by atoms with E-state index in [1.165, 1.54) is 0 Å². The summed E-state index contributed by atoms with van der Waals surface area (Å²) in [5, 5.41) is 9.19. The highest BCUT2D eigenvalue weighted by atomic mass is 16.1. The molecule has 0 unspecified atom stereocenters. The number of aryl methyl sites for hydroxylation is 1. The number of nitrogens with one attached hydrogen (secondary N) is 1. The first-order valence-electron chi connectivity index (χ1n) is 7.72. The lowest BCUT2D eigenvalue weighted by molar-refractivity contribution is 0.777. The Labute approximate surface area is 137 Å². The standard InChI is InChI=1S/C17H16N6O/c1-3-19-14-7-6-12-13-10-22(2)21-15(13)17(24)23(16(12)20-14)11-5-4-8-18-9-11/h4-10H,3H2,1-2H3,(H,19,20). The molecule has 1 N–H and O–H groups in total. The third-order valence-corrected chi connectivity index (χ3v) is 3.87. The van der Waals surface area contributed by atoms with Crippen LogP contribution in [0.5, 0.6) is 0 Å². The minimum Gasteiger partial charge on any atom is -0.370 e. The van der Waals surface area contributed by atoms with Crippen LogP contribution < -0.4 is 10.9 Å². The fraction of sp³-hybridized carbons (Fsp3) is 0.176. The van der Waals surface area contributed by atoms with Crippen LogP contribution in [0, 0.1) is 0 Å². The molecule has 0 fully saturated rings. The van der Waals surface area contributed by atoms with E-state index in [4.69, 9.17) is 0 Å². The zero-order valence-corrected chi connectivity index (χ0v) is 13.4. The van der Waals surface area contributed by atoms with Gasteiger partial charge in [-0.2, -0.15) is 5.10 Å². The maximum absolute atomic E-state index is 13.0. The topological polar surface area (TPSA) is 77.6 Å². The van der Waals surface area contributed by atoms with E-state index in [-0.39, 0.29) is 5.56 Å². The molecule has 7 nitrogen and oxygen atoms in total. The molecule has 0 aromatic carbocycles. The van der Waals surface area contributed by atoms with Gasteiger partial charge < -0.3 is 5.32 Å². The largest absolute Gasteiger partial charge is 0.370 e. The van der Waals surface area contributed by atoms with Gasteiger partial charge in [-0.25, -0.2) is 4.98 Å². The number of pyridine rings is 3. The number of hydrogen-bond donors (Lipinski definition) is 1. The third-order valence-electron chi connectivity index (χ3n) is 3.87. The van der Waals surface area contributed by atoms with E-state index in [1.807, 2.05) is 31.3 Å². The van der Waals surface area contributed by atoms with Crippen molar-refractivity contribution in [2.45, 2.75) is 6.92 Å². The third kappa shape index (κ3) is 2.13. The maximum Gasteiger partial charge on any atom is 0.285 e. The highest BCUT2D eigenvalue weighted by Gasteiger charge is 2.16. The van der Waals surface area contributed by atoms with Gasteiger partial charge >= 0.3 is 0 Å². The van der Waals surface area contributed by atoms with Crippen LogP contribution in [0.4, 0.5) is 5.82 Å². The van der Waals surface area contributed by atoms with Gasteiger partial charge in [-0.05, 0) is 31.2 Å². The van der Waals surface area contributed by atoms with Crippen LogP contribution in [-0.4, -0.2) is 30.9 Å². The summed E-state index contributed by atoms with van der Waals surface area (Å²) in [5.41, 5.74) is 1.48. The summed E-state index contributed by atoms with van der Waals surface area (Å²) in [5.74, 6) is 0.727. The normalized spacial score (nSPS) is 11.2. The predicted octanol–water partition coefficient (Wildman–Crippen LogP) is 2.10. The molecular formula is C17H16N6O. The van der Waals surface area contributed by atoms with Gasteiger partial charge in [-0.3, -0.25) is 19.0 Å². The maximum atomic E-state index is 13.0. The fourth-order valence-electron chi connectivity index (χ4n) is 2.88. The predicted molar refractivity (Wildman–Crippen MR) is 93.6 cm³/mol. The van der Waals surface area contributed by atoms with Crippen molar-refractivity contribution in [3.8, 4) is 5.69 Å². The SMILES string of the molecule is CCNc1ccc2c3cn(C)nc3c(=O)n(-c3cccnc3)c2n1. The summed E-state index contributed by atoms with van der Waals surface area (Å²) in [4.78, 5) is 21.8. The molecule has 7 heteroatoms. The van der Waals surface area contributed by atoms with Crippen molar-refractivity contribution < 1.29 is 0 Å². The Morgan fingerprint density at radius 3 is 2.83 bits per heavy atom. The molecule has 0 aliphatic rings. The van der Waals surface area contributed by atoms with Crippen molar-refractivity contribution in [2.75, 3.05) is 11.9 Å². The molecule has 0 radical (unpaired) electrons. The molecule has 4 heterocycles. The van der Waals surface area contributed by atoms with Crippen LogP contribution >= 0.6 is 0 Å². The first-order valence-corrected chi connectivity index (χ1v) is 7.72. The Hall–Kier alpha value is -3.22. The second kappa shape index (κ2) is 5.45. The molecule has 0 saturated heterocycles. The van der Waals surface area contributed by atoms with Crippen molar-refractivity contribution in [2.24, 2.45) is 7.05 Å². The Kier molecular flexibility index (Phi) is 3.26. The van der Waals surface area contributed by atoms with Crippen LogP contribution in [0.2, 0.25) is 0 Å². The summed E-state index contributed by atoms with van der Waals surface area (Å²) in [6, 6.07) is 7.52. The molecule has 0 bridgehead atoms. The molecule has 0 atom stereocenters. The van der Waals surface area contributed by atoms with Crippen molar-refractivity contribution in [1.29, 1.82) is 0 Å². The number of fused-ring (bicyclic) bond motifs is 3. The monoisotopic (exact) mass is 320 g/mol. The summed E-state index contributed by atoms with van der Waals surface area (Å²) >= 11 is 0. The number of anilines is 1. The average Bonchev–Trinajstić information content (AvgIpc) is 2.98. The lowest BCUT2D eigenvalue weighted by Crippen LogP contribution is -2.20. The molecule has 0 aliphatic carbocycles. The van der Waals surface area contributed by atoms with Crippen molar-refractivity contribution in [3.05, 3.63) is 53.2 Å². The second-order valence-electron chi connectivity index (χ2n) is 5.51. The van der Waals surface area contributed by atoms with E-state index in [0.29, 0.717) is 16.9 Å². The van der Waals surface area contributed by atoms with Gasteiger partial charge in [0.15, 0.2) is 11.2 Å². The summed E-state index contributed by atoms with van der Waals surface area (Å²) < 4.78 is 3.22. The molecule has 24 heavy (non-hydrogen) atoms. The minimum absolute atomic E-state index is 0.202. The van der Waals surface area contributed by atoms with Crippen molar-refractivity contribution >= 4 is 27.8 Å². The molecule has 4 rings (SSSR count). The molecule has 0 spiro atoms. The van der Waals surface area contributed by atoms with Gasteiger partial charge in [0.2, 0.25) is 0 Å². The van der Waals surface area contributed by atoms with Crippen LogP contribution in [0.3, 0.4) is 0 Å². The highest BCUT2D eigenvalue weighted by Crippen LogP contribution is 2.24. The molecule has 0 amide bonds. The van der Waals surface area contributed by atoms with E-state index in [1.54, 1.807) is 34.8 Å². The van der Waals surface area contributed by atoms with Gasteiger partial charge in [0.25, 0.3) is 5.56 Å². The van der Waals surface area contributed by atoms with Gasteiger partial charge in [0.05, 0.1) is 11.9 Å². The molecule has 120 valence electrons. The Morgan fingerprint density at radius 2 is 2.08 bits per heavy atom. The average molecular weight is 320 g/mol. The van der Waals surface area contributed by atoms with E-state index >= 15 is 0 Å². The van der Waals surface area contributed by atoms with Crippen LogP contribution in [0.1, 0.15) is 6.92 Å². The zero-order chi connectivity index (χ0) is 16.7. The smallest absolute Gasteiger partial charge is 0.285 e. The van der Waals surface area contributed by atoms with Gasteiger partial charge in [-0.1, -0.05) is 0 Å². The van der Waals surface area contributed by atoms with E-state index in [9.17, 15) is 4.79 Å². The first kappa shape index (κ1) is 14.4. The van der Waals surface area contributed by atoms with Gasteiger partial charge in [0, 0.05) is 36.8 Å². The number of aromatic nitrogens is 5. The number of rotatable bonds is 3. The van der Waals surface area contributed by atoms with Gasteiger partial charge in [-0.15, -0.1) is 0 Å². The Morgan fingerprint density at radius 1 is 1.21 bits per heavy atom. The molecule has 0 saturated carbocycles. The lowest BCUT2D eigenvalue weighted by atomic mass is 10.2.